The highest BCUT2D eigenvalue weighted by molar-refractivity contribution is 5.40. The molecule has 0 aliphatic carbocycles. The summed E-state index contributed by atoms with van der Waals surface area (Å²) in [5.74, 6) is 1.79. The summed E-state index contributed by atoms with van der Waals surface area (Å²) < 4.78 is 10.5. The summed E-state index contributed by atoms with van der Waals surface area (Å²) in [6.07, 6.45) is 3.07. The molecule has 3 nitrogen and oxygen atoms in total. The molecule has 0 spiro atoms. The maximum Gasteiger partial charge on any atom is 0.122 e. The Kier molecular flexibility index (Phi) is 5.12. The van der Waals surface area contributed by atoms with Crippen molar-refractivity contribution in [2.45, 2.75) is 32.2 Å². The summed E-state index contributed by atoms with van der Waals surface area (Å²) in [5, 5.41) is 0. The zero-order chi connectivity index (χ0) is 12.0. The lowest BCUT2D eigenvalue weighted by Gasteiger charge is -2.11. The van der Waals surface area contributed by atoms with E-state index in [4.69, 9.17) is 15.2 Å². The smallest absolute Gasteiger partial charge is 0.122 e. The molecule has 1 aromatic carbocycles. The van der Waals surface area contributed by atoms with Gasteiger partial charge in [-0.05, 0) is 49.9 Å². The van der Waals surface area contributed by atoms with Crippen molar-refractivity contribution in [2.75, 3.05) is 14.2 Å². The summed E-state index contributed by atoms with van der Waals surface area (Å²) in [7, 11) is 3.37. The minimum Gasteiger partial charge on any atom is -0.497 e. The fourth-order valence-corrected chi connectivity index (χ4v) is 1.69. The van der Waals surface area contributed by atoms with E-state index in [-0.39, 0.29) is 6.04 Å². The van der Waals surface area contributed by atoms with E-state index >= 15 is 0 Å². The molecule has 0 saturated carbocycles. The van der Waals surface area contributed by atoms with Crippen LogP contribution in [-0.2, 0) is 6.42 Å². The summed E-state index contributed by atoms with van der Waals surface area (Å²) in [5.41, 5.74) is 6.91. The second-order valence-corrected chi connectivity index (χ2v) is 4.05. The molecule has 0 bridgehead atoms. The number of hydrogen-bond donors (Lipinski definition) is 1. The van der Waals surface area contributed by atoms with Crippen LogP contribution in [0.3, 0.4) is 0 Å². The van der Waals surface area contributed by atoms with Gasteiger partial charge in [-0.25, -0.2) is 0 Å². The predicted molar refractivity (Wildman–Crippen MR) is 66.1 cm³/mol. The fourth-order valence-electron chi connectivity index (χ4n) is 1.69. The van der Waals surface area contributed by atoms with E-state index in [1.165, 1.54) is 5.56 Å². The van der Waals surface area contributed by atoms with Crippen LogP contribution < -0.4 is 15.2 Å². The van der Waals surface area contributed by atoms with E-state index in [1.54, 1.807) is 14.2 Å². The molecule has 0 saturated heterocycles. The van der Waals surface area contributed by atoms with Crippen molar-refractivity contribution in [3.05, 3.63) is 23.8 Å². The lowest BCUT2D eigenvalue weighted by molar-refractivity contribution is 0.398. The van der Waals surface area contributed by atoms with E-state index in [9.17, 15) is 0 Å². The van der Waals surface area contributed by atoms with E-state index in [2.05, 4.69) is 0 Å². The number of aryl methyl sites for hydroxylation is 1. The monoisotopic (exact) mass is 223 g/mol. The molecule has 16 heavy (non-hydrogen) atoms. The number of methoxy groups -OCH3 is 2. The molecule has 1 unspecified atom stereocenters. The van der Waals surface area contributed by atoms with Crippen LogP contribution in [0.2, 0.25) is 0 Å². The summed E-state index contributed by atoms with van der Waals surface area (Å²) in [6.45, 7) is 2.03. The van der Waals surface area contributed by atoms with Crippen LogP contribution >= 0.6 is 0 Å². The summed E-state index contributed by atoms with van der Waals surface area (Å²) in [4.78, 5) is 0. The highest BCUT2D eigenvalue weighted by atomic mass is 16.5. The minimum absolute atomic E-state index is 0.261. The molecule has 0 aliphatic heterocycles. The molecule has 0 aliphatic rings. The predicted octanol–water partition coefficient (Wildman–Crippen LogP) is 2.37. The van der Waals surface area contributed by atoms with Crippen LogP contribution in [0.1, 0.15) is 25.3 Å². The molecule has 0 fully saturated rings. The summed E-state index contributed by atoms with van der Waals surface area (Å²) >= 11 is 0. The van der Waals surface area contributed by atoms with Crippen LogP contribution in [0.4, 0.5) is 0 Å². The molecule has 90 valence electrons. The van der Waals surface area contributed by atoms with Gasteiger partial charge in [-0.15, -0.1) is 0 Å². The van der Waals surface area contributed by atoms with Crippen molar-refractivity contribution in [3.63, 3.8) is 0 Å². The third-order valence-electron chi connectivity index (χ3n) is 2.59. The van der Waals surface area contributed by atoms with Crippen LogP contribution in [0, 0.1) is 0 Å². The third-order valence-corrected chi connectivity index (χ3v) is 2.59. The van der Waals surface area contributed by atoms with Gasteiger partial charge in [0.15, 0.2) is 0 Å². The van der Waals surface area contributed by atoms with Gasteiger partial charge in [0.05, 0.1) is 14.2 Å². The zero-order valence-electron chi connectivity index (χ0n) is 10.3. The molecule has 1 atom stereocenters. The average Bonchev–Trinajstić information content (AvgIpc) is 2.28. The van der Waals surface area contributed by atoms with Crippen molar-refractivity contribution in [3.8, 4) is 11.5 Å². The number of nitrogens with two attached hydrogens (primary N) is 1. The van der Waals surface area contributed by atoms with Crippen LogP contribution in [-0.4, -0.2) is 20.3 Å². The van der Waals surface area contributed by atoms with E-state index in [0.29, 0.717) is 0 Å². The molecule has 0 radical (unpaired) electrons. The SMILES string of the molecule is COc1ccc(OC)c(CCCC(C)N)c1. The van der Waals surface area contributed by atoms with Gasteiger partial charge in [0, 0.05) is 6.04 Å². The maximum atomic E-state index is 5.73. The molecule has 1 aromatic rings. The first-order valence-corrected chi connectivity index (χ1v) is 5.64. The Hall–Kier alpha value is -1.22. The molecule has 0 amide bonds. The lowest BCUT2D eigenvalue weighted by atomic mass is 10.0. The normalized spacial score (nSPS) is 12.2. The Morgan fingerprint density at radius 3 is 2.56 bits per heavy atom. The third kappa shape index (κ3) is 3.74. The Morgan fingerprint density at radius 2 is 2.00 bits per heavy atom. The van der Waals surface area contributed by atoms with Gasteiger partial charge in [0.25, 0.3) is 0 Å². The quantitative estimate of drug-likeness (QED) is 0.805. The molecular formula is C13H21NO2. The molecule has 3 heteroatoms. The lowest BCUT2D eigenvalue weighted by Crippen LogP contribution is -2.14. The number of hydrogen-bond acceptors (Lipinski definition) is 3. The highest BCUT2D eigenvalue weighted by Gasteiger charge is 2.05. The fraction of sp³-hybridized carbons (Fsp3) is 0.538. The standard InChI is InChI=1S/C13H21NO2/c1-10(14)5-4-6-11-9-12(15-2)7-8-13(11)16-3/h7-10H,4-6,14H2,1-3H3. The maximum absolute atomic E-state index is 5.73. The molecule has 1 rings (SSSR count). The van der Waals surface area contributed by atoms with Crippen molar-refractivity contribution in [1.82, 2.24) is 0 Å². The van der Waals surface area contributed by atoms with Crippen LogP contribution in [0.25, 0.3) is 0 Å². The van der Waals surface area contributed by atoms with Gasteiger partial charge in [-0.1, -0.05) is 0 Å². The number of ether oxygens (including phenoxy) is 2. The second kappa shape index (κ2) is 6.38. The Balaban J connectivity index is 2.67. The van der Waals surface area contributed by atoms with Gasteiger partial charge in [0.1, 0.15) is 11.5 Å². The first-order chi connectivity index (χ1) is 7.67. The van der Waals surface area contributed by atoms with Crippen molar-refractivity contribution in [2.24, 2.45) is 5.73 Å². The Morgan fingerprint density at radius 1 is 1.25 bits per heavy atom. The van der Waals surface area contributed by atoms with E-state index in [0.717, 1.165) is 30.8 Å². The van der Waals surface area contributed by atoms with Crippen LogP contribution in [0.5, 0.6) is 11.5 Å². The van der Waals surface area contributed by atoms with Crippen molar-refractivity contribution in [1.29, 1.82) is 0 Å². The summed E-state index contributed by atoms with van der Waals surface area (Å²) in [6, 6.07) is 6.14. The van der Waals surface area contributed by atoms with Gasteiger partial charge in [-0.2, -0.15) is 0 Å². The van der Waals surface area contributed by atoms with E-state index < -0.39 is 0 Å². The first kappa shape index (κ1) is 12.8. The van der Waals surface area contributed by atoms with Gasteiger partial charge in [-0.3, -0.25) is 0 Å². The Bertz CT molecular complexity index is 324. The van der Waals surface area contributed by atoms with Gasteiger partial charge < -0.3 is 15.2 Å². The van der Waals surface area contributed by atoms with E-state index in [1.807, 2.05) is 25.1 Å². The molecule has 2 N–H and O–H groups in total. The Labute approximate surface area is 97.6 Å². The largest absolute Gasteiger partial charge is 0.497 e. The van der Waals surface area contributed by atoms with Crippen molar-refractivity contribution >= 4 is 0 Å². The highest BCUT2D eigenvalue weighted by Crippen LogP contribution is 2.25. The molecular weight excluding hydrogens is 202 g/mol. The van der Waals surface area contributed by atoms with Gasteiger partial charge >= 0.3 is 0 Å². The molecule has 0 aromatic heterocycles. The van der Waals surface area contributed by atoms with Crippen molar-refractivity contribution < 1.29 is 9.47 Å². The van der Waals surface area contributed by atoms with Gasteiger partial charge in [0.2, 0.25) is 0 Å². The second-order valence-electron chi connectivity index (χ2n) is 4.05. The van der Waals surface area contributed by atoms with Crippen LogP contribution in [0.15, 0.2) is 18.2 Å². The topological polar surface area (TPSA) is 44.5 Å². The first-order valence-electron chi connectivity index (χ1n) is 5.64. The zero-order valence-corrected chi connectivity index (χ0v) is 10.3. The number of benzene rings is 1. The average molecular weight is 223 g/mol. The minimum atomic E-state index is 0.261. The number of rotatable bonds is 6. The molecule has 0 heterocycles.